The zero-order valence-corrected chi connectivity index (χ0v) is 13.5. The number of methoxy groups -OCH3 is 1. The number of ether oxygens (including phenoxy) is 2. The van der Waals surface area contributed by atoms with Crippen molar-refractivity contribution in [1.82, 2.24) is 4.90 Å². The van der Waals surface area contributed by atoms with Crippen LogP contribution in [0.25, 0.3) is 0 Å². The molecule has 1 N–H and O–H groups in total. The van der Waals surface area contributed by atoms with E-state index in [0.29, 0.717) is 0 Å². The summed E-state index contributed by atoms with van der Waals surface area (Å²) < 4.78 is 10.8. The molecule has 1 aromatic rings. The van der Waals surface area contributed by atoms with Crippen LogP contribution in [0.1, 0.15) is 25.7 Å². The molecular formula is C18H24N2O3. The van der Waals surface area contributed by atoms with Crippen LogP contribution in [-0.2, 0) is 9.53 Å². The number of nitrogens with zero attached hydrogens (tertiary/aromatic N) is 1. The highest BCUT2D eigenvalue weighted by Crippen LogP contribution is 2.22. The zero-order chi connectivity index (χ0) is 16.1. The minimum atomic E-state index is -0.0633. The molecule has 23 heavy (non-hydrogen) atoms. The van der Waals surface area contributed by atoms with E-state index in [1.807, 2.05) is 30.3 Å². The molecule has 0 radical (unpaired) electrons. The van der Waals surface area contributed by atoms with Crippen LogP contribution in [0.4, 0.5) is 5.69 Å². The van der Waals surface area contributed by atoms with Gasteiger partial charge in [0.2, 0.25) is 5.91 Å². The Kier molecular flexibility index (Phi) is 5.18. The summed E-state index contributed by atoms with van der Waals surface area (Å²) in [6.45, 7) is 1.79. The van der Waals surface area contributed by atoms with E-state index in [1.54, 1.807) is 13.4 Å². The Morgan fingerprint density at radius 2 is 2.17 bits per heavy atom. The van der Waals surface area contributed by atoms with Gasteiger partial charge < -0.3 is 14.8 Å². The van der Waals surface area contributed by atoms with Crippen molar-refractivity contribution < 1.29 is 14.3 Å². The van der Waals surface area contributed by atoms with Gasteiger partial charge in [-0.25, -0.2) is 0 Å². The van der Waals surface area contributed by atoms with E-state index in [2.05, 4.69) is 10.2 Å². The maximum Gasteiger partial charge on any atom is 0.241 e. The van der Waals surface area contributed by atoms with Crippen molar-refractivity contribution in [3.63, 3.8) is 0 Å². The highest BCUT2D eigenvalue weighted by molar-refractivity contribution is 5.95. The van der Waals surface area contributed by atoms with Crippen LogP contribution in [0.15, 0.2) is 36.6 Å². The minimum Gasteiger partial charge on any atom is -0.497 e. The third-order valence-electron chi connectivity index (χ3n) is 4.48. The van der Waals surface area contributed by atoms with Crippen LogP contribution >= 0.6 is 0 Å². The van der Waals surface area contributed by atoms with Crippen molar-refractivity contribution in [3.05, 3.63) is 36.6 Å². The third kappa shape index (κ3) is 4.05. The number of rotatable bonds is 5. The molecule has 0 aromatic heterocycles. The Labute approximate surface area is 137 Å². The molecule has 1 fully saturated rings. The van der Waals surface area contributed by atoms with E-state index < -0.39 is 0 Å². The maximum absolute atomic E-state index is 12.6. The topological polar surface area (TPSA) is 50.8 Å². The van der Waals surface area contributed by atoms with E-state index in [0.717, 1.165) is 50.2 Å². The first-order valence-corrected chi connectivity index (χ1v) is 8.25. The van der Waals surface area contributed by atoms with Gasteiger partial charge in [0.15, 0.2) is 0 Å². The largest absolute Gasteiger partial charge is 0.497 e. The number of carbonyl (C=O) groups excluding carboxylic acids is 1. The molecule has 2 aliphatic rings. The van der Waals surface area contributed by atoms with Gasteiger partial charge in [-0.15, -0.1) is 0 Å². The highest BCUT2D eigenvalue weighted by atomic mass is 16.5. The second kappa shape index (κ2) is 7.51. The molecule has 124 valence electrons. The molecule has 0 aliphatic carbocycles. The van der Waals surface area contributed by atoms with E-state index in [-0.39, 0.29) is 18.1 Å². The summed E-state index contributed by atoms with van der Waals surface area (Å²) in [5, 5.41) is 3.01. The summed E-state index contributed by atoms with van der Waals surface area (Å²) in [5.41, 5.74) is 0.805. The number of benzene rings is 1. The number of amides is 1. The molecule has 5 nitrogen and oxygen atoms in total. The fourth-order valence-electron chi connectivity index (χ4n) is 3.22. The van der Waals surface area contributed by atoms with Gasteiger partial charge in [0.1, 0.15) is 11.9 Å². The quantitative estimate of drug-likeness (QED) is 0.907. The predicted octanol–water partition coefficient (Wildman–Crippen LogP) is 2.79. The van der Waals surface area contributed by atoms with Gasteiger partial charge in [-0.2, -0.15) is 0 Å². The van der Waals surface area contributed by atoms with Gasteiger partial charge in [0.05, 0.1) is 19.4 Å². The molecule has 2 heterocycles. The number of hydrogen-bond acceptors (Lipinski definition) is 4. The fraction of sp³-hybridized carbons (Fsp3) is 0.500. The number of carbonyl (C=O) groups is 1. The standard InChI is InChI=1S/C18H24N2O3/c1-22-15-9-7-14(8-10-15)19-18(21)17-6-4-11-20(17)13-16-5-2-3-12-23-16/h3,7-10,12,16-17H,2,4-6,11,13H2,1H3,(H,19,21)/t16-,17-/m1/s1. The van der Waals surface area contributed by atoms with Crippen molar-refractivity contribution in [1.29, 1.82) is 0 Å². The second-order valence-corrected chi connectivity index (χ2v) is 6.08. The average molecular weight is 316 g/mol. The summed E-state index contributed by atoms with van der Waals surface area (Å²) in [5.74, 6) is 0.854. The minimum absolute atomic E-state index is 0.0633. The Bertz CT molecular complexity index is 556. The van der Waals surface area contributed by atoms with Gasteiger partial charge in [-0.3, -0.25) is 9.69 Å². The first kappa shape index (κ1) is 15.9. The first-order chi connectivity index (χ1) is 11.3. The van der Waals surface area contributed by atoms with Gasteiger partial charge in [0.25, 0.3) is 0 Å². The Balaban J connectivity index is 1.57. The smallest absolute Gasteiger partial charge is 0.241 e. The summed E-state index contributed by atoms with van der Waals surface area (Å²) in [7, 11) is 1.63. The number of likely N-dealkylation sites (tertiary alicyclic amines) is 1. The lowest BCUT2D eigenvalue weighted by atomic mass is 10.1. The van der Waals surface area contributed by atoms with Gasteiger partial charge in [0, 0.05) is 12.2 Å². The molecule has 3 rings (SSSR count). The lowest BCUT2D eigenvalue weighted by Gasteiger charge is -2.29. The molecule has 0 saturated carbocycles. The van der Waals surface area contributed by atoms with Gasteiger partial charge in [-0.1, -0.05) is 0 Å². The monoisotopic (exact) mass is 316 g/mol. The van der Waals surface area contributed by atoms with Crippen molar-refractivity contribution in [3.8, 4) is 5.75 Å². The lowest BCUT2D eigenvalue weighted by Crippen LogP contribution is -2.43. The first-order valence-electron chi connectivity index (χ1n) is 8.25. The van der Waals surface area contributed by atoms with E-state index in [1.165, 1.54) is 0 Å². The summed E-state index contributed by atoms with van der Waals surface area (Å²) in [6, 6.07) is 7.37. The van der Waals surface area contributed by atoms with Crippen LogP contribution in [-0.4, -0.2) is 43.2 Å². The molecule has 2 aliphatic heterocycles. The molecular weight excluding hydrogens is 292 g/mol. The van der Waals surface area contributed by atoms with Crippen molar-refractivity contribution in [2.75, 3.05) is 25.5 Å². The number of anilines is 1. The van der Waals surface area contributed by atoms with Crippen LogP contribution in [0.5, 0.6) is 5.75 Å². The zero-order valence-electron chi connectivity index (χ0n) is 13.5. The molecule has 0 spiro atoms. The second-order valence-electron chi connectivity index (χ2n) is 6.08. The molecule has 2 atom stereocenters. The van der Waals surface area contributed by atoms with E-state index in [9.17, 15) is 4.79 Å². The molecule has 5 heteroatoms. The Morgan fingerprint density at radius 1 is 1.35 bits per heavy atom. The highest BCUT2D eigenvalue weighted by Gasteiger charge is 2.32. The molecule has 1 amide bonds. The van der Waals surface area contributed by atoms with Crippen LogP contribution in [0.3, 0.4) is 0 Å². The normalized spacial score (nSPS) is 24.2. The third-order valence-corrected chi connectivity index (χ3v) is 4.48. The van der Waals surface area contributed by atoms with E-state index in [4.69, 9.17) is 9.47 Å². The van der Waals surface area contributed by atoms with Crippen molar-refractivity contribution >= 4 is 11.6 Å². The Morgan fingerprint density at radius 3 is 2.87 bits per heavy atom. The summed E-state index contributed by atoms with van der Waals surface area (Å²) in [4.78, 5) is 14.8. The SMILES string of the molecule is COc1ccc(NC(=O)[C@H]2CCCN2C[C@H]2CCC=CO2)cc1. The maximum atomic E-state index is 12.6. The van der Waals surface area contributed by atoms with Crippen molar-refractivity contribution in [2.24, 2.45) is 0 Å². The Hall–Kier alpha value is -2.01. The summed E-state index contributed by atoms with van der Waals surface area (Å²) >= 11 is 0. The van der Waals surface area contributed by atoms with Crippen molar-refractivity contribution in [2.45, 2.75) is 37.8 Å². The van der Waals surface area contributed by atoms with Crippen LogP contribution in [0, 0.1) is 0 Å². The van der Waals surface area contributed by atoms with Crippen LogP contribution in [0.2, 0.25) is 0 Å². The van der Waals surface area contributed by atoms with E-state index >= 15 is 0 Å². The lowest BCUT2D eigenvalue weighted by molar-refractivity contribution is -0.120. The van der Waals surface area contributed by atoms with Gasteiger partial charge >= 0.3 is 0 Å². The number of hydrogen-bond donors (Lipinski definition) is 1. The molecule has 1 aromatic carbocycles. The number of allylic oxidation sites excluding steroid dienone is 1. The molecule has 0 unspecified atom stereocenters. The van der Waals surface area contributed by atoms with Crippen LogP contribution < -0.4 is 10.1 Å². The van der Waals surface area contributed by atoms with Gasteiger partial charge in [-0.05, 0) is 62.6 Å². The summed E-state index contributed by atoms with van der Waals surface area (Å²) in [6.07, 6.45) is 8.09. The number of nitrogens with one attached hydrogen (secondary N) is 1. The molecule has 0 bridgehead atoms. The fourth-order valence-corrected chi connectivity index (χ4v) is 3.22. The molecule has 1 saturated heterocycles. The average Bonchev–Trinajstić information content (AvgIpc) is 3.05. The predicted molar refractivity (Wildman–Crippen MR) is 89.5 cm³/mol.